The van der Waals surface area contributed by atoms with Crippen LogP contribution in [0.4, 0.5) is 0 Å². The number of rotatable bonds is 4. The van der Waals surface area contributed by atoms with E-state index in [-0.39, 0.29) is 0 Å². The lowest BCUT2D eigenvalue weighted by Gasteiger charge is -2.28. The second-order valence-corrected chi connectivity index (χ2v) is 5.34. The Morgan fingerprint density at radius 3 is 2.76 bits per heavy atom. The summed E-state index contributed by atoms with van der Waals surface area (Å²) >= 11 is 0. The molecule has 1 atom stereocenters. The third-order valence-electron chi connectivity index (χ3n) is 3.91. The van der Waals surface area contributed by atoms with Crippen LogP contribution in [0.3, 0.4) is 0 Å². The topological polar surface area (TPSA) is 24.9 Å². The summed E-state index contributed by atoms with van der Waals surface area (Å²) in [7, 11) is 0. The van der Waals surface area contributed by atoms with Crippen molar-refractivity contribution in [2.24, 2.45) is 5.92 Å². The monoisotopic (exact) mass is 232 g/mol. The smallest absolute Gasteiger partial charge is 0.0544 e. The molecule has 94 valence electrons. The summed E-state index contributed by atoms with van der Waals surface area (Å²) in [5, 5.41) is 3.63. The average Bonchev–Trinajstić information content (AvgIpc) is 2.37. The first-order valence-corrected chi connectivity index (χ1v) is 6.91. The van der Waals surface area contributed by atoms with E-state index in [1.165, 1.54) is 32.1 Å². The maximum Gasteiger partial charge on any atom is 0.0544 e. The third kappa shape index (κ3) is 3.81. The molecule has 1 aliphatic rings. The maximum absolute atomic E-state index is 4.53. The zero-order valence-electron chi connectivity index (χ0n) is 11.1. The van der Waals surface area contributed by atoms with Crippen molar-refractivity contribution in [2.75, 3.05) is 0 Å². The lowest BCUT2D eigenvalue weighted by Crippen LogP contribution is -2.34. The van der Waals surface area contributed by atoms with Crippen molar-refractivity contribution in [2.45, 2.75) is 58.5 Å². The maximum atomic E-state index is 4.53. The van der Waals surface area contributed by atoms with E-state index in [4.69, 9.17) is 0 Å². The molecule has 2 rings (SSSR count). The molecule has 1 saturated carbocycles. The molecular formula is C15H24N2. The molecule has 1 aliphatic carbocycles. The standard InChI is InChI=1S/C15H24N2/c1-12-7-6-10-15(17-12)11-16-13(2)14-8-4-3-5-9-14/h6-7,10,13-14,16H,3-5,8-9,11H2,1-2H3/t13-/m1/s1. The van der Waals surface area contributed by atoms with Gasteiger partial charge in [-0.3, -0.25) is 4.98 Å². The summed E-state index contributed by atoms with van der Waals surface area (Å²) in [6.07, 6.45) is 7.06. The van der Waals surface area contributed by atoms with Gasteiger partial charge in [-0.25, -0.2) is 0 Å². The molecule has 0 spiro atoms. The Morgan fingerprint density at radius 2 is 2.06 bits per heavy atom. The van der Waals surface area contributed by atoms with Crippen molar-refractivity contribution >= 4 is 0 Å². The number of pyridine rings is 1. The minimum absolute atomic E-state index is 0.623. The summed E-state index contributed by atoms with van der Waals surface area (Å²) in [5.41, 5.74) is 2.27. The van der Waals surface area contributed by atoms with Crippen LogP contribution < -0.4 is 5.32 Å². The van der Waals surface area contributed by atoms with Gasteiger partial charge in [-0.2, -0.15) is 0 Å². The van der Waals surface area contributed by atoms with E-state index in [9.17, 15) is 0 Å². The molecule has 0 bridgehead atoms. The molecule has 1 aromatic rings. The van der Waals surface area contributed by atoms with Crippen molar-refractivity contribution in [3.05, 3.63) is 29.6 Å². The summed E-state index contributed by atoms with van der Waals surface area (Å²) in [5.74, 6) is 0.869. The van der Waals surface area contributed by atoms with Gasteiger partial charge in [0, 0.05) is 18.3 Å². The number of hydrogen-bond acceptors (Lipinski definition) is 2. The Morgan fingerprint density at radius 1 is 1.29 bits per heavy atom. The van der Waals surface area contributed by atoms with E-state index in [1.54, 1.807) is 0 Å². The van der Waals surface area contributed by atoms with Gasteiger partial charge in [0.05, 0.1) is 5.69 Å². The molecule has 0 aliphatic heterocycles. The first-order valence-electron chi connectivity index (χ1n) is 6.91. The van der Waals surface area contributed by atoms with Gasteiger partial charge in [0.2, 0.25) is 0 Å². The number of aromatic nitrogens is 1. The van der Waals surface area contributed by atoms with Crippen molar-refractivity contribution < 1.29 is 0 Å². The molecule has 2 nitrogen and oxygen atoms in total. The SMILES string of the molecule is Cc1cccc(CN[C@H](C)C2CCCCC2)n1. The highest BCUT2D eigenvalue weighted by molar-refractivity contribution is 5.09. The van der Waals surface area contributed by atoms with Crippen LogP contribution in [0.2, 0.25) is 0 Å². The summed E-state index contributed by atoms with van der Waals surface area (Å²) in [6, 6.07) is 6.87. The Balaban J connectivity index is 1.80. The van der Waals surface area contributed by atoms with Gasteiger partial charge in [-0.15, -0.1) is 0 Å². The van der Waals surface area contributed by atoms with E-state index in [1.807, 2.05) is 13.0 Å². The van der Waals surface area contributed by atoms with Crippen molar-refractivity contribution in [1.82, 2.24) is 10.3 Å². The van der Waals surface area contributed by atoms with Gasteiger partial charge >= 0.3 is 0 Å². The molecule has 0 radical (unpaired) electrons. The second kappa shape index (κ2) is 6.15. The minimum Gasteiger partial charge on any atom is -0.308 e. The van der Waals surface area contributed by atoms with Gasteiger partial charge in [-0.05, 0) is 44.7 Å². The van der Waals surface area contributed by atoms with Crippen molar-refractivity contribution in [1.29, 1.82) is 0 Å². The van der Waals surface area contributed by atoms with Crippen LogP contribution >= 0.6 is 0 Å². The van der Waals surface area contributed by atoms with E-state index >= 15 is 0 Å². The number of aryl methyl sites for hydroxylation is 1. The van der Waals surface area contributed by atoms with Gasteiger partial charge in [0.15, 0.2) is 0 Å². The molecule has 17 heavy (non-hydrogen) atoms. The molecule has 1 aromatic heterocycles. The molecule has 1 heterocycles. The first kappa shape index (κ1) is 12.6. The fourth-order valence-corrected chi connectivity index (χ4v) is 2.76. The Labute approximate surface area is 105 Å². The minimum atomic E-state index is 0.623. The third-order valence-corrected chi connectivity index (χ3v) is 3.91. The normalized spacial score (nSPS) is 19.2. The van der Waals surface area contributed by atoms with Crippen LogP contribution in [-0.4, -0.2) is 11.0 Å². The number of nitrogens with one attached hydrogen (secondary N) is 1. The van der Waals surface area contributed by atoms with Crippen molar-refractivity contribution in [3.63, 3.8) is 0 Å². The van der Waals surface area contributed by atoms with Crippen LogP contribution in [0, 0.1) is 12.8 Å². The largest absolute Gasteiger partial charge is 0.308 e. The average molecular weight is 232 g/mol. The molecule has 1 N–H and O–H groups in total. The summed E-state index contributed by atoms with van der Waals surface area (Å²) in [6.45, 7) is 5.28. The Kier molecular flexibility index (Phi) is 4.55. The zero-order valence-corrected chi connectivity index (χ0v) is 11.1. The van der Waals surface area contributed by atoms with E-state index < -0.39 is 0 Å². The predicted molar refractivity (Wildman–Crippen MR) is 71.9 cm³/mol. The highest BCUT2D eigenvalue weighted by atomic mass is 14.9. The Hall–Kier alpha value is -0.890. The molecule has 0 amide bonds. The fraction of sp³-hybridized carbons (Fsp3) is 0.667. The quantitative estimate of drug-likeness (QED) is 0.860. The highest BCUT2D eigenvalue weighted by Gasteiger charge is 2.19. The van der Waals surface area contributed by atoms with Crippen LogP contribution in [0.25, 0.3) is 0 Å². The molecule has 2 heteroatoms. The van der Waals surface area contributed by atoms with Gasteiger partial charge in [-0.1, -0.05) is 25.3 Å². The second-order valence-electron chi connectivity index (χ2n) is 5.34. The van der Waals surface area contributed by atoms with Crippen molar-refractivity contribution in [3.8, 4) is 0 Å². The number of hydrogen-bond donors (Lipinski definition) is 1. The van der Waals surface area contributed by atoms with Crippen LogP contribution in [0.5, 0.6) is 0 Å². The van der Waals surface area contributed by atoms with E-state index in [0.29, 0.717) is 6.04 Å². The van der Waals surface area contributed by atoms with Crippen LogP contribution in [-0.2, 0) is 6.54 Å². The highest BCUT2D eigenvalue weighted by Crippen LogP contribution is 2.26. The zero-order chi connectivity index (χ0) is 12.1. The molecule has 0 aromatic carbocycles. The summed E-state index contributed by atoms with van der Waals surface area (Å²) in [4.78, 5) is 4.53. The van der Waals surface area contributed by atoms with Crippen LogP contribution in [0.1, 0.15) is 50.4 Å². The number of nitrogens with zero attached hydrogens (tertiary/aromatic N) is 1. The van der Waals surface area contributed by atoms with Crippen LogP contribution in [0.15, 0.2) is 18.2 Å². The summed E-state index contributed by atoms with van der Waals surface area (Å²) < 4.78 is 0. The first-order chi connectivity index (χ1) is 8.25. The fourth-order valence-electron chi connectivity index (χ4n) is 2.76. The van der Waals surface area contributed by atoms with Gasteiger partial charge in [0.25, 0.3) is 0 Å². The molecule has 0 unspecified atom stereocenters. The van der Waals surface area contributed by atoms with Gasteiger partial charge < -0.3 is 5.32 Å². The lowest BCUT2D eigenvalue weighted by molar-refractivity contribution is 0.280. The molecule has 1 fully saturated rings. The van der Waals surface area contributed by atoms with E-state index in [2.05, 4.69) is 29.4 Å². The molecule has 0 saturated heterocycles. The predicted octanol–water partition coefficient (Wildman–Crippen LogP) is 3.45. The Bertz CT molecular complexity index is 343. The van der Waals surface area contributed by atoms with E-state index in [0.717, 1.165) is 23.9 Å². The lowest BCUT2D eigenvalue weighted by atomic mass is 9.84. The van der Waals surface area contributed by atoms with Gasteiger partial charge in [0.1, 0.15) is 0 Å². The molecular weight excluding hydrogens is 208 g/mol.